The number of nitrogens with one attached hydrogen (secondary N) is 1. The first kappa shape index (κ1) is 20.2. The Kier molecular flexibility index (Phi) is 5.61. The summed E-state index contributed by atoms with van der Waals surface area (Å²) in [6.45, 7) is 2.69. The number of hydrogen-bond donors (Lipinski definition) is 1. The fraction of sp³-hybridized carbons (Fsp3) is 0.136. The normalized spacial score (nSPS) is 11.5. The highest BCUT2D eigenvalue weighted by Crippen LogP contribution is 2.28. The molecular formula is C22H20N2O4S2. The first-order valence-corrected chi connectivity index (χ1v) is 11.7. The van der Waals surface area contributed by atoms with Gasteiger partial charge in [0.2, 0.25) is 0 Å². The minimum Gasteiger partial charge on any atom is -0.492 e. The summed E-state index contributed by atoms with van der Waals surface area (Å²) in [5.41, 5.74) is 2.09. The highest BCUT2D eigenvalue weighted by atomic mass is 32.2. The second kappa shape index (κ2) is 8.33. The van der Waals surface area contributed by atoms with Crippen LogP contribution in [0.4, 0.5) is 5.69 Å². The molecule has 1 heterocycles. The number of rotatable bonds is 7. The quantitative estimate of drug-likeness (QED) is 0.465. The Bertz CT molecular complexity index is 1340. The standard InChI is InChI=1S/C22H20N2O4S2/c1-2-28-20-11-7-6-10-18(20)23-30(26,27)17-12-13-19-21(14-17)29-22(25)24(19)15-16-8-4-3-5-9-16/h3-14,23H,2,15H2,1H3. The molecule has 154 valence electrons. The van der Waals surface area contributed by atoms with E-state index in [2.05, 4.69) is 4.72 Å². The van der Waals surface area contributed by atoms with Gasteiger partial charge in [-0.1, -0.05) is 53.8 Å². The van der Waals surface area contributed by atoms with Crippen LogP contribution in [-0.2, 0) is 16.6 Å². The van der Waals surface area contributed by atoms with Crippen molar-refractivity contribution in [1.29, 1.82) is 0 Å². The van der Waals surface area contributed by atoms with Crippen LogP contribution in [0, 0.1) is 0 Å². The molecule has 30 heavy (non-hydrogen) atoms. The Morgan fingerprint density at radius 1 is 1.00 bits per heavy atom. The summed E-state index contributed by atoms with van der Waals surface area (Å²) in [4.78, 5) is 12.5. The van der Waals surface area contributed by atoms with Crippen molar-refractivity contribution in [3.8, 4) is 5.75 Å². The maximum Gasteiger partial charge on any atom is 0.308 e. The number of hydrogen-bond acceptors (Lipinski definition) is 5. The monoisotopic (exact) mass is 440 g/mol. The molecule has 1 N–H and O–H groups in total. The number of fused-ring (bicyclic) bond motifs is 1. The van der Waals surface area contributed by atoms with Crippen LogP contribution in [0.25, 0.3) is 10.2 Å². The van der Waals surface area contributed by atoms with Gasteiger partial charge in [-0.15, -0.1) is 0 Å². The van der Waals surface area contributed by atoms with Gasteiger partial charge in [-0.3, -0.25) is 14.1 Å². The van der Waals surface area contributed by atoms with E-state index in [1.54, 1.807) is 34.9 Å². The lowest BCUT2D eigenvalue weighted by molar-refractivity contribution is 0.342. The lowest BCUT2D eigenvalue weighted by Crippen LogP contribution is -2.14. The minimum absolute atomic E-state index is 0.0920. The molecule has 0 saturated heterocycles. The summed E-state index contributed by atoms with van der Waals surface area (Å²) in [6, 6.07) is 21.3. The molecule has 0 amide bonds. The van der Waals surface area contributed by atoms with Gasteiger partial charge < -0.3 is 4.74 Å². The summed E-state index contributed by atoms with van der Waals surface area (Å²) in [7, 11) is -3.84. The molecule has 0 fully saturated rings. The Hall–Kier alpha value is -3.10. The van der Waals surface area contributed by atoms with E-state index >= 15 is 0 Å². The third-order valence-corrected chi connectivity index (χ3v) is 6.87. The molecule has 0 aliphatic heterocycles. The van der Waals surface area contributed by atoms with E-state index in [1.807, 2.05) is 37.3 Å². The summed E-state index contributed by atoms with van der Waals surface area (Å²) >= 11 is 1.04. The number of ether oxygens (including phenoxy) is 1. The highest BCUT2D eigenvalue weighted by Gasteiger charge is 2.19. The predicted octanol–water partition coefficient (Wildman–Crippen LogP) is 4.31. The lowest BCUT2D eigenvalue weighted by Gasteiger charge is -2.13. The summed E-state index contributed by atoms with van der Waals surface area (Å²) < 4.78 is 36.2. The predicted molar refractivity (Wildman–Crippen MR) is 120 cm³/mol. The van der Waals surface area contributed by atoms with Crippen molar-refractivity contribution in [3.05, 3.63) is 88.0 Å². The lowest BCUT2D eigenvalue weighted by atomic mass is 10.2. The topological polar surface area (TPSA) is 77.4 Å². The van der Waals surface area contributed by atoms with Gasteiger partial charge in [0.05, 0.1) is 34.0 Å². The first-order chi connectivity index (χ1) is 14.5. The van der Waals surface area contributed by atoms with Crippen LogP contribution in [0.5, 0.6) is 5.75 Å². The molecule has 4 rings (SSSR count). The molecule has 0 atom stereocenters. The van der Waals surface area contributed by atoms with Gasteiger partial charge in [-0.25, -0.2) is 8.42 Å². The average molecular weight is 441 g/mol. The zero-order chi connectivity index (χ0) is 21.1. The molecule has 8 heteroatoms. The Labute approximate surface area is 178 Å². The molecule has 1 aromatic heterocycles. The number of aromatic nitrogens is 1. The molecule has 0 unspecified atom stereocenters. The van der Waals surface area contributed by atoms with Crippen molar-refractivity contribution in [2.75, 3.05) is 11.3 Å². The Balaban J connectivity index is 1.68. The first-order valence-electron chi connectivity index (χ1n) is 9.40. The van der Waals surface area contributed by atoms with Crippen molar-refractivity contribution in [3.63, 3.8) is 0 Å². The van der Waals surface area contributed by atoms with Crippen LogP contribution >= 0.6 is 11.3 Å². The van der Waals surface area contributed by atoms with Crippen LogP contribution in [0.3, 0.4) is 0 Å². The van der Waals surface area contributed by atoms with E-state index in [0.29, 0.717) is 34.8 Å². The van der Waals surface area contributed by atoms with Crippen molar-refractivity contribution in [2.24, 2.45) is 0 Å². The molecule has 0 spiro atoms. The Morgan fingerprint density at radius 3 is 2.50 bits per heavy atom. The van der Waals surface area contributed by atoms with Gasteiger partial charge in [0.15, 0.2) is 0 Å². The largest absolute Gasteiger partial charge is 0.492 e. The number of anilines is 1. The summed E-state index contributed by atoms with van der Waals surface area (Å²) in [5, 5.41) is 0. The number of sulfonamides is 1. The molecule has 0 saturated carbocycles. The number of nitrogens with zero attached hydrogens (tertiary/aromatic N) is 1. The van der Waals surface area contributed by atoms with E-state index in [0.717, 1.165) is 16.9 Å². The van der Waals surface area contributed by atoms with Gasteiger partial charge >= 0.3 is 4.87 Å². The van der Waals surface area contributed by atoms with E-state index in [1.165, 1.54) is 12.1 Å². The van der Waals surface area contributed by atoms with Crippen LogP contribution in [0.2, 0.25) is 0 Å². The SMILES string of the molecule is CCOc1ccccc1NS(=O)(=O)c1ccc2c(c1)sc(=O)n2Cc1ccccc1. The molecule has 0 aliphatic rings. The maximum absolute atomic E-state index is 12.9. The summed E-state index contributed by atoms with van der Waals surface area (Å²) in [5.74, 6) is 0.461. The smallest absolute Gasteiger partial charge is 0.308 e. The average Bonchev–Trinajstić information content (AvgIpc) is 3.05. The van der Waals surface area contributed by atoms with Gasteiger partial charge in [0.25, 0.3) is 10.0 Å². The summed E-state index contributed by atoms with van der Waals surface area (Å²) in [6.07, 6.45) is 0. The zero-order valence-electron chi connectivity index (χ0n) is 16.2. The van der Waals surface area contributed by atoms with Crippen LogP contribution in [-0.4, -0.2) is 19.6 Å². The third-order valence-electron chi connectivity index (χ3n) is 4.56. The van der Waals surface area contributed by atoms with E-state index in [9.17, 15) is 13.2 Å². The third kappa shape index (κ3) is 4.10. The molecule has 0 bridgehead atoms. The van der Waals surface area contributed by atoms with Crippen molar-refractivity contribution < 1.29 is 13.2 Å². The van der Waals surface area contributed by atoms with Crippen LogP contribution in [0.15, 0.2) is 82.5 Å². The molecule has 0 aliphatic carbocycles. The molecule has 3 aromatic carbocycles. The Morgan fingerprint density at radius 2 is 1.73 bits per heavy atom. The molecular weight excluding hydrogens is 420 g/mol. The van der Waals surface area contributed by atoms with Crippen molar-refractivity contribution in [1.82, 2.24) is 4.57 Å². The van der Waals surface area contributed by atoms with Crippen LogP contribution in [0.1, 0.15) is 12.5 Å². The van der Waals surface area contributed by atoms with Crippen molar-refractivity contribution in [2.45, 2.75) is 18.4 Å². The highest BCUT2D eigenvalue weighted by molar-refractivity contribution is 7.92. The fourth-order valence-corrected chi connectivity index (χ4v) is 5.27. The van der Waals surface area contributed by atoms with Gasteiger partial charge in [-0.2, -0.15) is 0 Å². The molecule has 6 nitrogen and oxygen atoms in total. The van der Waals surface area contributed by atoms with Gasteiger partial charge in [-0.05, 0) is 42.8 Å². The zero-order valence-corrected chi connectivity index (χ0v) is 17.9. The fourth-order valence-electron chi connectivity index (χ4n) is 3.17. The van der Waals surface area contributed by atoms with Crippen molar-refractivity contribution >= 4 is 37.3 Å². The van der Waals surface area contributed by atoms with Crippen LogP contribution < -0.4 is 14.3 Å². The number of para-hydroxylation sites is 2. The number of benzene rings is 3. The van der Waals surface area contributed by atoms with Gasteiger partial charge in [0, 0.05) is 0 Å². The maximum atomic E-state index is 12.9. The van der Waals surface area contributed by atoms with E-state index < -0.39 is 10.0 Å². The minimum atomic E-state index is -3.84. The second-order valence-corrected chi connectivity index (χ2v) is 9.28. The second-order valence-electron chi connectivity index (χ2n) is 6.60. The number of thiazole rings is 1. The van der Waals surface area contributed by atoms with Gasteiger partial charge in [0.1, 0.15) is 5.75 Å². The molecule has 4 aromatic rings. The van der Waals surface area contributed by atoms with E-state index in [4.69, 9.17) is 4.74 Å². The van der Waals surface area contributed by atoms with E-state index in [-0.39, 0.29) is 9.77 Å². The molecule has 0 radical (unpaired) electrons.